The zero-order chi connectivity index (χ0) is 18.9. The quantitative estimate of drug-likeness (QED) is 0.478. The van der Waals surface area contributed by atoms with E-state index in [9.17, 15) is 24.8 Å². The van der Waals surface area contributed by atoms with Crippen LogP contribution in [-0.4, -0.2) is 51.0 Å². The number of hydrogen-bond donors (Lipinski definition) is 2. The molecular weight excluding hydrogens is 348 g/mol. The van der Waals surface area contributed by atoms with Gasteiger partial charge in [-0.1, -0.05) is 12.1 Å². The van der Waals surface area contributed by atoms with Crippen molar-refractivity contribution in [3.05, 3.63) is 51.2 Å². The predicted molar refractivity (Wildman–Crippen MR) is 92.8 cm³/mol. The lowest BCUT2D eigenvalue weighted by Gasteiger charge is -2.38. The smallest absolute Gasteiger partial charge is 0.335 e. The second-order valence-corrected chi connectivity index (χ2v) is 5.96. The van der Waals surface area contributed by atoms with Crippen LogP contribution in [0.25, 0.3) is 0 Å². The Kier molecular flexibility index (Phi) is 5.02. The fraction of sp³-hybridized carbons (Fsp3) is 0.267. The molecule has 0 spiro atoms. The summed E-state index contributed by atoms with van der Waals surface area (Å²) in [5, 5.41) is 23.4. The minimum atomic E-state index is -1.25. The lowest BCUT2D eigenvalue weighted by Crippen LogP contribution is -2.53. The largest absolute Gasteiger partial charge is 0.478 e. The van der Waals surface area contributed by atoms with Gasteiger partial charge in [0.15, 0.2) is 5.11 Å². The first kappa shape index (κ1) is 18.3. The molecule has 0 aromatic heterocycles. The normalized spacial score (nSPS) is 17.2. The van der Waals surface area contributed by atoms with Gasteiger partial charge in [0.1, 0.15) is 6.04 Å². The van der Waals surface area contributed by atoms with Crippen molar-refractivity contribution in [3.8, 4) is 0 Å². The number of non-ortho nitro benzene ring substituents is 1. The zero-order valence-corrected chi connectivity index (χ0v) is 14.5. The molecule has 2 N–H and O–H groups in total. The molecule has 2 amide bonds. The maximum atomic E-state index is 12.6. The Morgan fingerprint density at radius 2 is 2.04 bits per heavy atom. The lowest BCUT2D eigenvalue weighted by molar-refractivity contribution is -0.384. The van der Waals surface area contributed by atoms with Gasteiger partial charge >= 0.3 is 12.0 Å². The van der Waals surface area contributed by atoms with Gasteiger partial charge in [0.05, 0.1) is 10.5 Å². The molecule has 1 aliphatic heterocycles. The number of nitrogens with zero attached hydrogens (tertiary/aromatic N) is 3. The van der Waals surface area contributed by atoms with Crippen LogP contribution in [0.15, 0.2) is 35.5 Å². The maximum Gasteiger partial charge on any atom is 0.335 e. The zero-order valence-electron chi connectivity index (χ0n) is 13.7. The van der Waals surface area contributed by atoms with Gasteiger partial charge in [-0.05, 0) is 24.7 Å². The number of benzene rings is 1. The Morgan fingerprint density at radius 3 is 2.56 bits per heavy atom. The molecule has 9 nitrogen and oxygen atoms in total. The van der Waals surface area contributed by atoms with E-state index in [0.717, 1.165) is 4.90 Å². The van der Waals surface area contributed by atoms with E-state index in [4.69, 9.17) is 12.2 Å². The Labute approximate surface area is 148 Å². The molecule has 0 aliphatic carbocycles. The van der Waals surface area contributed by atoms with E-state index in [-0.39, 0.29) is 27.6 Å². The molecule has 0 radical (unpaired) electrons. The van der Waals surface area contributed by atoms with E-state index >= 15 is 0 Å². The number of aliphatic carboxylic acids is 1. The van der Waals surface area contributed by atoms with Gasteiger partial charge in [-0.25, -0.2) is 9.59 Å². The summed E-state index contributed by atoms with van der Waals surface area (Å²) < 4.78 is 0. The highest BCUT2D eigenvalue weighted by Gasteiger charge is 2.40. The summed E-state index contributed by atoms with van der Waals surface area (Å²) in [7, 11) is 3.00. The number of carboxylic acid groups (broad SMARTS) is 1. The average Bonchev–Trinajstić information content (AvgIpc) is 2.53. The summed E-state index contributed by atoms with van der Waals surface area (Å²) in [6, 6.07) is 3.87. The first-order valence-electron chi connectivity index (χ1n) is 7.15. The molecule has 1 aromatic rings. The van der Waals surface area contributed by atoms with Gasteiger partial charge in [-0.2, -0.15) is 0 Å². The average molecular weight is 364 g/mol. The van der Waals surface area contributed by atoms with Crippen LogP contribution in [-0.2, 0) is 4.79 Å². The summed E-state index contributed by atoms with van der Waals surface area (Å²) in [6.07, 6.45) is 0. The highest BCUT2D eigenvalue weighted by molar-refractivity contribution is 7.80. The second kappa shape index (κ2) is 6.85. The number of carboxylic acids is 1. The third kappa shape index (κ3) is 3.43. The summed E-state index contributed by atoms with van der Waals surface area (Å²) in [6.45, 7) is 1.53. The van der Waals surface area contributed by atoms with Crippen molar-refractivity contribution in [3.63, 3.8) is 0 Å². The van der Waals surface area contributed by atoms with Crippen LogP contribution < -0.4 is 5.32 Å². The van der Waals surface area contributed by atoms with Crippen LogP contribution in [0.3, 0.4) is 0 Å². The number of nitrogens with one attached hydrogen (secondary N) is 1. The maximum absolute atomic E-state index is 12.6. The van der Waals surface area contributed by atoms with Crippen molar-refractivity contribution in [1.29, 1.82) is 0 Å². The number of amides is 2. The molecule has 1 aliphatic rings. The molecule has 1 unspecified atom stereocenters. The monoisotopic (exact) mass is 364 g/mol. The number of carbonyl (C=O) groups excluding carboxylic acids is 1. The van der Waals surface area contributed by atoms with E-state index in [1.165, 1.54) is 50.2 Å². The second-order valence-electron chi connectivity index (χ2n) is 5.58. The molecular formula is C15H16N4O5S. The Hall–Kier alpha value is -3.01. The van der Waals surface area contributed by atoms with Gasteiger partial charge < -0.3 is 15.3 Å². The van der Waals surface area contributed by atoms with Crippen molar-refractivity contribution in [2.24, 2.45) is 0 Å². The Balaban J connectivity index is 2.70. The van der Waals surface area contributed by atoms with E-state index in [1.807, 2.05) is 0 Å². The minimum Gasteiger partial charge on any atom is -0.478 e. The molecule has 0 saturated carbocycles. The van der Waals surface area contributed by atoms with Gasteiger partial charge in [-0.15, -0.1) is 0 Å². The van der Waals surface area contributed by atoms with Crippen LogP contribution >= 0.6 is 12.2 Å². The molecule has 0 fully saturated rings. The number of urea groups is 1. The number of nitro groups is 1. The summed E-state index contributed by atoms with van der Waals surface area (Å²) in [4.78, 5) is 37.2. The number of nitro benzene ring substituents is 1. The topological polar surface area (TPSA) is 116 Å². The molecule has 0 bridgehead atoms. The van der Waals surface area contributed by atoms with E-state index < -0.39 is 23.0 Å². The van der Waals surface area contributed by atoms with E-state index in [0.29, 0.717) is 0 Å². The Morgan fingerprint density at radius 1 is 1.40 bits per heavy atom. The number of carbonyl (C=O) groups is 2. The SMILES string of the molecule is CC1=C(C(=O)O)C(c2cccc([N+](=O)[O-])c2)N(C(=O)N(C)C)C(=S)N1. The summed E-state index contributed by atoms with van der Waals surface area (Å²) in [5.74, 6) is -1.25. The third-order valence-electron chi connectivity index (χ3n) is 3.66. The van der Waals surface area contributed by atoms with Gasteiger partial charge in [0.25, 0.3) is 5.69 Å². The number of allylic oxidation sites excluding steroid dienone is 1. The van der Waals surface area contributed by atoms with Gasteiger partial charge in [0, 0.05) is 31.9 Å². The number of hydrogen-bond acceptors (Lipinski definition) is 5. The van der Waals surface area contributed by atoms with Crippen molar-refractivity contribution in [1.82, 2.24) is 15.1 Å². The highest BCUT2D eigenvalue weighted by Crippen LogP contribution is 2.35. The van der Waals surface area contributed by atoms with Gasteiger partial charge in [-0.3, -0.25) is 15.0 Å². The lowest BCUT2D eigenvalue weighted by atomic mass is 9.94. The highest BCUT2D eigenvalue weighted by atomic mass is 32.1. The molecule has 10 heteroatoms. The van der Waals surface area contributed by atoms with Crippen molar-refractivity contribution < 1.29 is 19.6 Å². The fourth-order valence-electron chi connectivity index (χ4n) is 2.55. The predicted octanol–water partition coefficient (Wildman–Crippen LogP) is 1.87. The molecule has 25 heavy (non-hydrogen) atoms. The molecule has 2 rings (SSSR count). The van der Waals surface area contributed by atoms with Crippen LogP contribution in [0, 0.1) is 10.1 Å². The molecule has 1 atom stereocenters. The van der Waals surface area contributed by atoms with Crippen molar-refractivity contribution in [2.45, 2.75) is 13.0 Å². The number of thiocarbonyl (C=S) groups is 1. The van der Waals surface area contributed by atoms with Crippen LogP contribution in [0.2, 0.25) is 0 Å². The summed E-state index contributed by atoms with van der Waals surface area (Å²) in [5.41, 5.74) is 0.243. The van der Waals surface area contributed by atoms with Crippen molar-refractivity contribution in [2.75, 3.05) is 14.1 Å². The third-order valence-corrected chi connectivity index (χ3v) is 3.96. The van der Waals surface area contributed by atoms with Crippen LogP contribution in [0.4, 0.5) is 10.5 Å². The van der Waals surface area contributed by atoms with Crippen molar-refractivity contribution >= 4 is 35.0 Å². The molecule has 1 aromatic carbocycles. The summed E-state index contributed by atoms with van der Waals surface area (Å²) >= 11 is 5.21. The molecule has 1 heterocycles. The fourth-order valence-corrected chi connectivity index (χ4v) is 2.89. The van der Waals surface area contributed by atoms with Crippen LogP contribution in [0.5, 0.6) is 0 Å². The van der Waals surface area contributed by atoms with E-state index in [2.05, 4.69) is 5.32 Å². The Bertz CT molecular complexity index is 805. The minimum absolute atomic E-state index is 0.0257. The standard InChI is InChI=1S/C15H16N4O5S/c1-8-11(13(20)21)12(9-5-4-6-10(7-9)19(23)24)18(14(25)16-8)15(22)17(2)3/h4-7,12H,1-3H3,(H,16,25)(H,20,21). The number of rotatable bonds is 3. The van der Waals surface area contributed by atoms with E-state index in [1.54, 1.807) is 0 Å². The molecule has 132 valence electrons. The van der Waals surface area contributed by atoms with Gasteiger partial charge in [0.2, 0.25) is 0 Å². The first-order chi connectivity index (χ1) is 11.6. The first-order valence-corrected chi connectivity index (χ1v) is 7.56. The van der Waals surface area contributed by atoms with Crippen LogP contribution in [0.1, 0.15) is 18.5 Å². The molecule has 0 saturated heterocycles.